The zero-order valence-electron chi connectivity index (χ0n) is 8.86. The Kier molecular flexibility index (Phi) is 3.70. The van der Waals surface area contributed by atoms with Crippen molar-refractivity contribution in [3.05, 3.63) is 33.8 Å². The lowest BCUT2D eigenvalue weighted by Crippen LogP contribution is -1.98. The predicted octanol–water partition coefficient (Wildman–Crippen LogP) is 3.67. The Morgan fingerprint density at radius 2 is 1.64 bits per heavy atom. The fraction of sp³-hybridized carbons (Fsp3) is 0.417. The largest absolute Gasteiger partial charge is 0.295 e. The fourth-order valence-electron chi connectivity index (χ4n) is 1.47. The average molecular weight is 211 g/mol. The summed E-state index contributed by atoms with van der Waals surface area (Å²) in [4.78, 5) is 11.2. The maximum Gasteiger partial charge on any atom is 0.159 e. The molecule has 0 bridgehead atoms. The van der Waals surface area contributed by atoms with Gasteiger partial charge in [0.05, 0.1) is 0 Å². The van der Waals surface area contributed by atoms with Crippen LogP contribution in [-0.4, -0.2) is 5.78 Å². The summed E-state index contributed by atoms with van der Waals surface area (Å²) in [6.07, 6.45) is 1.74. The first-order chi connectivity index (χ1) is 6.60. The van der Waals surface area contributed by atoms with Gasteiger partial charge in [-0.3, -0.25) is 4.79 Å². The molecule has 0 amide bonds. The van der Waals surface area contributed by atoms with Crippen LogP contribution in [0, 0.1) is 0 Å². The Morgan fingerprint density at radius 3 is 1.93 bits per heavy atom. The lowest BCUT2D eigenvalue weighted by Gasteiger charge is -2.08. The first kappa shape index (κ1) is 11.3. The molecule has 2 heteroatoms. The van der Waals surface area contributed by atoms with Crippen LogP contribution in [0.5, 0.6) is 0 Å². The monoisotopic (exact) mass is 210 g/mol. The number of hydrogen-bond acceptors (Lipinski definition) is 1. The zero-order chi connectivity index (χ0) is 10.7. The number of rotatable bonds is 3. The number of halogens is 1. The number of ketones is 1. The minimum Gasteiger partial charge on any atom is -0.295 e. The first-order valence-electron chi connectivity index (χ1n) is 4.92. The normalized spacial score (nSPS) is 10.3. The molecule has 0 atom stereocenters. The molecule has 14 heavy (non-hydrogen) atoms. The van der Waals surface area contributed by atoms with Crippen molar-refractivity contribution >= 4 is 17.4 Å². The molecule has 0 fully saturated rings. The third-order valence-electron chi connectivity index (χ3n) is 2.39. The minimum atomic E-state index is 0.103. The van der Waals surface area contributed by atoms with E-state index in [1.807, 2.05) is 26.0 Å². The smallest absolute Gasteiger partial charge is 0.159 e. The molecular weight excluding hydrogens is 196 g/mol. The van der Waals surface area contributed by atoms with Crippen LogP contribution in [-0.2, 0) is 12.8 Å². The second kappa shape index (κ2) is 4.61. The van der Waals surface area contributed by atoms with E-state index in [2.05, 4.69) is 0 Å². The molecule has 0 spiro atoms. The van der Waals surface area contributed by atoms with Crippen molar-refractivity contribution in [1.29, 1.82) is 0 Å². The maximum atomic E-state index is 11.2. The zero-order valence-corrected chi connectivity index (χ0v) is 9.61. The summed E-state index contributed by atoms with van der Waals surface area (Å²) in [5, 5.41) is 0.819. The Hall–Kier alpha value is -0.820. The van der Waals surface area contributed by atoms with Gasteiger partial charge < -0.3 is 0 Å². The van der Waals surface area contributed by atoms with Gasteiger partial charge in [-0.05, 0) is 43.0 Å². The maximum absolute atomic E-state index is 11.2. The lowest BCUT2D eigenvalue weighted by atomic mass is 10.0. The number of carbonyl (C=O) groups is 1. The fourth-order valence-corrected chi connectivity index (χ4v) is 1.84. The highest BCUT2D eigenvalue weighted by Crippen LogP contribution is 2.24. The van der Waals surface area contributed by atoms with Gasteiger partial charge in [0.1, 0.15) is 0 Å². The first-order valence-corrected chi connectivity index (χ1v) is 5.30. The van der Waals surface area contributed by atoms with Gasteiger partial charge in [0.2, 0.25) is 0 Å². The second-order valence-electron chi connectivity index (χ2n) is 3.37. The van der Waals surface area contributed by atoms with Crippen molar-refractivity contribution in [1.82, 2.24) is 0 Å². The van der Waals surface area contributed by atoms with E-state index in [9.17, 15) is 4.79 Å². The van der Waals surface area contributed by atoms with Gasteiger partial charge in [0.15, 0.2) is 5.78 Å². The van der Waals surface area contributed by atoms with Crippen LogP contribution in [0.3, 0.4) is 0 Å². The van der Waals surface area contributed by atoms with E-state index in [1.54, 1.807) is 6.92 Å². The van der Waals surface area contributed by atoms with E-state index in [1.165, 1.54) is 0 Å². The molecule has 76 valence electrons. The summed E-state index contributed by atoms with van der Waals surface area (Å²) >= 11 is 6.17. The second-order valence-corrected chi connectivity index (χ2v) is 3.75. The molecule has 0 aliphatic heterocycles. The molecule has 1 nitrogen and oxygen atoms in total. The Balaban J connectivity index is 3.32. The van der Waals surface area contributed by atoms with Crippen LogP contribution in [0.1, 0.15) is 42.3 Å². The highest BCUT2D eigenvalue weighted by atomic mass is 35.5. The highest BCUT2D eigenvalue weighted by Gasteiger charge is 2.08. The van der Waals surface area contributed by atoms with Crippen molar-refractivity contribution in [3.8, 4) is 0 Å². The van der Waals surface area contributed by atoms with Crippen molar-refractivity contribution in [2.45, 2.75) is 33.6 Å². The van der Waals surface area contributed by atoms with Crippen LogP contribution >= 0.6 is 11.6 Å². The van der Waals surface area contributed by atoms with Crippen LogP contribution in [0.25, 0.3) is 0 Å². The number of Topliss-reactive ketones (excluding diaryl/α,β-unsaturated/α-hetero) is 1. The standard InChI is InChI=1S/C12H15ClO/c1-4-9-6-11(8(3)14)7-10(5-2)12(9)13/h6-7H,4-5H2,1-3H3. The molecule has 1 aromatic rings. The van der Waals surface area contributed by atoms with Gasteiger partial charge in [-0.15, -0.1) is 0 Å². The molecule has 0 saturated carbocycles. The number of aryl methyl sites for hydroxylation is 2. The molecule has 0 unspecified atom stereocenters. The van der Waals surface area contributed by atoms with Crippen LogP contribution in [0.2, 0.25) is 5.02 Å². The van der Waals surface area contributed by atoms with Crippen molar-refractivity contribution in [2.24, 2.45) is 0 Å². The van der Waals surface area contributed by atoms with Gasteiger partial charge in [0, 0.05) is 10.6 Å². The van der Waals surface area contributed by atoms with Gasteiger partial charge in [-0.2, -0.15) is 0 Å². The molecule has 1 aromatic carbocycles. The van der Waals surface area contributed by atoms with Crippen molar-refractivity contribution in [3.63, 3.8) is 0 Å². The summed E-state index contributed by atoms with van der Waals surface area (Å²) in [6.45, 7) is 5.68. The van der Waals surface area contributed by atoms with E-state index >= 15 is 0 Å². The number of benzene rings is 1. The average Bonchev–Trinajstić information content (AvgIpc) is 2.17. The minimum absolute atomic E-state index is 0.103. The van der Waals surface area contributed by atoms with Crippen LogP contribution in [0.15, 0.2) is 12.1 Å². The van der Waals surface area contributed by atoms with E-state index in [-0.39, 0.29) is 5.78 Å². The number of carbonyl (C=O) groups excluding carboxylic acids is 1. The third kappa shape index (κ3) is 2.16. The van der Waals surface area contributed by atoms with E-state index in [4.69, 9.17) is 11.6 Å². The predicted molar refractivity (Wildman–Crippen MR) is 60.2 cm³/mol. The van der Waals surface area contributed by atoms with Crippen molar-refractivity contribution in [2.75, 3.05) is 0 Å². The highest BCUT2D eigenvalue weighted by molar-refractivity contribution is 6.32. The Labute approximate surface area is 90.1 Å². The molecule has 0 aromatic heterocycles. The van der Waals surface area contributed by atoms with Gasteiger partial charge >= 0.3 is 0 Å². The van der Waals surface area contributed by atoms with Gasteiger partial charge in [0.25, 0.3) is 0 Å². The van der Waals surface area contributed by atoms with Gasteiger partial charge in [-0.1, -0.05) is 25.4 Å². The van der Waals surface area contributed by atoms with E-state index < -0.39 is 0 Å². The summed E-state index contributed by atoms with van der Waals surface area (Å²) in [5.74, 6) is 0.103. The molecule has 0 heterocycles. The van der Waals surface area contributed by atoms with Crippen LogP contribution in [0.4, 0.5) is 0 Å². The Morgan fingerprint density at radius 1 is 1.21 bits per heavy atom. The molecule has 0 N–H and O–H groups in total. The molecule has 0 aliphatic carbocycles. The SMILES string of the molecule is CCc1cc(C(C)=O)cc(CC)c1Cl. The summed E-state index contributed by atoms with van der Waals surface area (Å²) in [5.41, 5.74) is 2.90. The quantitative estimate of drug-likeness (QED) is 0.696. The summed E-state index contributed by atoms with van der Waals surface area (Å²) < 4.78 is 0. The molecule has 0 aliphatic rings. The molecule has 1 rings (SSSR count). The lowest BCUT2D eigenvalue weighted by molar-refractivity contribution is 0.101. The van der Waals surface area contributed by atoms with Crippen molar-refractivity contribution < 1.29 is 4.79 Å². The van der Waals surface area contributed by atoms with Crippen LogP contribution < -0.4 is 0 Å². The summed E-state index contributed by atoms with van der Waals surface area (Å²) in [6, 6.07) is 3.79. The van der Waals surface area contributed by atoms with Gasteiger partial charge in [-0.25, -0.2) is 0 Å². The summed E-state index contributed by atoms with van der Waals surface area (Å²) in [7, 11) is 0. The third-order valence-corrected chi connectivity index (χ3v) is 2.88. The van der Waals surface area contributed by atoms with E-state index in [0.29, 0.717) is 0 Å². The molecular formula is C12H15ClO. The Bertz CT molecular complexity index is 330. The topological polar surface area (TPSA) is 17.1 Å². The molecule has 0 saturated heterocycles. The molecule has 0 radical (unpaired) electrons. The number of hydrogen-bond donors (Lipinski definition) is 0. The van der Waals surface area contributed by atoms with E-state index in [0.717, 1.165) is 34.6 Å².